The van der Waals surface area contributed by atoms with Gasteiger partial charge in [0, 0.05) is 35.8 Å². The fourth-order valence-corrected chi connectivity index (χ4v) is 4.32. The summed E-state index contributed by atoms with van der Waals surface area (Å²) in [6.45, 7) is 6.42. The van der Waals surface area contributed by atoms with E-state index in [4.69, 9.17) is 4.74 Å². The molecule has 0 radical (unpaired) electrons. The second-order valence-corrected chi connectivity index (χ2v) is 9.17. The highest BCUT2D eigenvalue weighted by Crippen LogP contribution is 2.37. The van der Waals surface area contributed by atoms with Crippen molar-refractivity contribution in [3.8, 4) is 11.1 Å². The number of amides is 2. The molecule has 0 bridgehead atoms. The van der Waals surface area contributed by atoms with Crippen LogP contribution in [0.15, 0.2) is 42.5 Å². The minimum absolute atomic E-state index is 0.0398. The third kappa shape index (κ3) is 4.33. The molecule has 162 valence electrons. The minimum Gasteiger partial charge on any atom is -0.444 e. The molecular formula is C25H28N2O4. The molecule has 2 aliphatic rings. The zero-order valence-electron chi connectivity index (χ0n) is 18.2. The average Bonchev–Trinajstić information content (AvgIpc) is 3.03. The average molecular weight is 421 g/mol. The van der Waals surface area contributed by atoms with Crippen molar-refractivity contribution in [2.45, 2.75) is 51.7 Å². The van der Waals surface area contributed by atoms with Gasteiger partial charge in [0.05, 0.1) is 0 Å². The largest absolute Gasteiger partial charge is 0.444 e. The molecule has 1 saturated heterocycles. The van der Waals surface area contributed by atoms with Gasteiger partial charge >= 0.3 is 6.09 Å². The predicted octanol–water partition coefficient (Wildman–Crippen LogP) is 4.42. The molecule has 1 unspecified atom stereocenters. The number of nitrogens with zero attached hydrogens (tertiary/aromatic N) is 1. The number of rotatable bonds is 3. The number of fused-ring (bicyclic) bond motifs is 3. The number of carbonyl (C=O) groups is 3. The number of benzene rings is 2. The van der Waals surface area contributed by atoms with Gasteiger partial charge < -0.3 is 15.0 Å². The molecule has 1 aliphatic heterocycles. The lowest BCUT2D eigenvalue weighted by Gasteiger charge is -2.36. The summed E-state index contributed by atoms with van der Waals surface area (Å²) in [6, 6.07) is 12.8. The quantitative estimate of drug-likeness (QED) is 0.681. The first-order valence-electron chi connectivity index (χ1n) is 10.8. The fraction of sp³-hybridized carbons (Fsp3) is 0.400. The van der Waals surface area contributed by atoms with Gasteiger partial charge in [-0.15, -0.1) is 0 Å². The number of piperidine rings is 1. The van der Waals surface area contributed by atoms with E-state index in [1.54, 1.807) is 12.1 Å². The van der Waals surface area contributed by atoms with E-state index in [0.29, 0.717) is 29.8 Å². The Bertz CT molecular complexity index is 1040. The molecule has 31 heavy (non-hydrogen) atoms. The van der Waals surface area contributed by atoms with Gasteiger partial charge in [-0.25, -0.2) is 4.79 Å². The van der Waals surface area contributed by atoms with Gasteiger partial charge in [0.2, 0.25) is 0 Å². The van der Waals surface area contributed by atoms with Gasteiger partial charge in [0.15, 0.2) is 5.78 Å². The van der Waals surface area contributed by atoms with Gasteiger partial charge in [-0.05, 0) is 63.3 Å². The molecule has 6 heteroatoms. The van der Waals surface area contributed by atoms with Crippen LogP contribution in [0.2, 0.25) is 0 Å². The molecule has 0 spiro atoms. The third-order valence-electron chi connectivity index (χ3n) is 5.74. The fourth-order valence-electron chi connectivity index (χ4n) is 4.32. The molecule has 2 amide bonds. The van der Waals surface area contributed by atoms with E-state index in [1.807, 2.05) is 56.0 Å². The van der Waals surface area contributed by atoms with Crippen LogP contribution in [0, 0.1) is 0 Å². The van der Waals surface area contributed by atoms with Gasteiger partial charge in [-0.2, -0.15) is 0 Å². The van der Waals surface area contributed by atoms with Crippen LogP contribution in [-0.4, -0.2) is 47.4 Å². The Balaban J connectivity index is 1.50. The molecule has 1 aliphatic carbocycles. The summed E-state index contributed by atoms with van der Waals surface area (Å²) in [6.07, 6.45) is 2.26. The van der Waals surface area contributed by atoms with E-state index in [9.17, 15) is 14.4 Å². The lowest BCUT2D eigenvalue weighted by atomic mass is 9.98. The van der Waals surface area contributed by atoms with Crippen LogP contribution in [-0.2, 0) is 4.74 Å². The van der Waals surface area contributed by atoms with Crippen LogP contribution in [0.25, 0.3) is 11.1 Å². The molecule has 1 atom stereocenters. The number of ketones is 1. The summed E-state index contributed by atoms with van der Waals surface area (Å²) in [4.78, 5) is 40.0. The second kappa shape index (κ2) is 8.17. The molecular weight excluding hydrogens is 392 g/mol. The smallest absolute Gasteiger partial charge is 0.407 e. The van der Waals surface area contributed by atoms with Crippen molar-refractivity contribution in [2.24, 2.45) is 0 Å². The zero-order valence-corrected chi connectivity index (χ0v) is 18.2. The maximum Gasteiger partial charge on any atom is 0.407 e. The van der Waals surface area contributed by atoms with E-state index in [2.05, 4.69) is 5.32 Å². The number of nitrogens with one attached hydrogen (secondary N) is 1. The number of alkyl carbamates (subject to hydrolysis) is 1. The summed E-state index contributed by atoms with van der Waals surface area (Å²) < 4.78 is 5.31. The number of carbonyl (C=O) groups excluding carboxylic acids is 3. The van der Waals surface area contributed by atoms with Crippen LogP contribution < -0.4 is 5.32 Å². The van der Waals surface area contributed by atoms with Gasteiger partial charge in [-0.1, -0.05) is 30.3 Å². The number of hydrogen-bond donors (Lipinski definition) is 1. The van der Waals surface area contributed by atoms with E-state index in [0.717, 1.165) is 30.4 Å². The Morgan fingerprint density at radius 2 is 1.74 bits per heavy atom. The van der Waals surface area contributed by atoms with Crippen molar-refractivity contribution < 1.29 is 19.1 Å². The molecule has 1 fully saturated rings. The monoisotopic (exact) mass is 420 g/mol. The maximum atomic E-state index is 13.3. The summed E-state index contributed by atoms with van der Waals surface area (Å²) in [7, 11) is 0. The van der Waals surface area contributed by atoms with Crippen LogP contribution in [0.3, 0.4) is 0 Å². The molecule has 2 aromatic carbocycles. The van der Waals surface area contributed by atoms with Gasteiger partial charge in [0.1, 0.15) is 5.60 Å². The predicted molar refractivity (Wildman–Crippen MR) is 118 cm³/mol. The molecule has 2 aromatic rings. The lowest BCUT2D eigenvalue weighted by Crippen LogP contribution is -2.50. The first kappa shape index (κ1) is 21.1. The molecule has 1 heterocycles. The molecule has 1 N–H and O–H groups in total. The molecule has 4 rings (SSSR count). The minimum atomic E-state index is -0.569. The Hall–Kier alpha value is -3.15. The van der Waals surface area contributed by atoms with E-state index >= 15 is 0 Å². The van der Waals surface area contributed by atoms with Gasteiger partial charge in [-0.3, -0.25) is 9.59 Å². The lowest BCUT2D eigenvalue weighted by molar-refractivity contribution is 0.0462. The molecule has 0 aromatic heterocycles. The standard InChI is InChI=1S/C25H28N2O4/c1-25(2,3)31-24(30)26-15-17-8-6-7-13-27(17)23(29)16-11-12-19-18-9-4-5-10-20(18)22(28)21(19)14-16/h4-5,9-12,14,17H,6-8,13,15H2,1-3H3,(H,26,30). The zero-order chi connectivity index (χ0) is 22.2. The van der Waals surface area contributed by atoms with Crippen molar-refractivity contribution in [3.63, 3.8) is 0 Å². The van der Waals surface area contributed by atoms with Crippen molar-refractivity contribution in [1.29, 1.82) is 0 Å². The van der Waals surface area contributed by atoms with E-state index in [1.165, 1.54) is 0 Å². The topological polar surface area (TPSA) is 75.7 Å². The Morgan fingerprint density at radius 1 is 1.03 bits per heavy atom. The summed E-state index contributed by atoms with van der Waals surface area (Å²) >= 11 is 0. The Labute approximate surface area is 182 Å². The van der Waals surface area contributed by atoms with E-state index < -0.39 is 11.7 Å². The van der Waals surface area contributed by atoms with Crippen LogP contribution >= 0.6 is 0 Å². The number of ether oxygens (including phenoxy) is 1. The highest BCUT2D eigenvalue weighted by molar-refractivity contribution is 6.22. The highest BCUT2D eigenvalue weighted by atomic mass is 16.6. The normalized spacial score (nSPS) is 17.7. The van der Waals surface area contributed by atoms with Crippen molar-refractivity contribution >= 4 is 17.8 Å². The Kier molecular flexibility index (Phi) is 5.56. The van der Waals surface area contributed by atoms with Crippen molar-refractivity contribution in [3.05, 3.63) is 59.2 Å². The van der Waals surface area contributed by atoms with Crippen molar-refractivity contribution in [1.82, 2.24) is 10.2 Å². The van der Waals surface area contributed by atoms with E-state index in [-0.39, 0.29) is 17.7 Å². The first-order chi connectivity index (χ1) is 14.7. The third-order valence-corrected chi connectivity index (χ3v) is 5.74. The van der Waals surface area contributed by atoms with Crippen LogP contribution in [0.1, 0.15) is 66.3 Å². The van der Waals surface area contributed by atoms with Crippen LogP contribution in [0.5, 0.6) is 0 Å². The van der Waals surface area contributed by atoms with Gasteiger partial charge in [0.25, 0.3) is 5.91 Å². The SMILES string of the molecule is CC(C)(C)OC(=O)NCC1CCCCN1C(=O)c1ccc2c(c1)C(=O)c1ccccc1-2. The highest BCUT2D eigenvalue weighted by Gasteiger charge is 2.31. The maximum absolute atomic E-state index is 13.3. The Morgan fingerprint density at radius 3 is 2.48 bits per heavy atom. The summed E-state index contributed by atoms with van der Waals surface area (Å²) in [5.41, 5.74) is 2.98. The summed E-state index contributed by atoms with van der Waals surface area (Å²) in [5, 5.41) is 2.80. The first-order valence-corrected chi connectivity index (χ1v) is 10.8. The van der Waals surface area contributed by atoms with Crippen LogP contribution in [0.4, 0.5) is 4.79 Å². The molecule has 0 saturated carbocycles. The second-order valence-electron chi connectivity index (χ2n) is 9.17. The molecule has 6 nitrogen and oxygen atoms in total. The number of hydrogen-bond acceptors (Lipinski definition) is 4. The number of likely N-dealkylation sites (tertiary alicyclic amines) is 1. The summed E-state index contributed by atoms with van der Waals surface area (Å²) in [5.74, 6) is -0.149. The van der Waals surface area contributed by atoms with Crippen molar-refractivity contribution in [2.75, 3.05) is 13.1 Å².